The van der Waals surface area contributed by atoms with E-state index in [0.717, 1.165) is 4.31 Å². The van der Waals surface area contributed by atoms with Gasteiger partial charge in [-0.05, 0) is 26.7 Å². The summed E-state index contributed by atoms with van der Waals surface area (Å²) < 4.78 is 25.0. The second-order valence-electron chi connectivity index (χ2n) is 5.24. The van der Waals surface area contributed by atoms with E-state index in [9.17, 15) is 13.2 Å². The van der Waals surface area contributed by atoms with Gasteiger partial charge in [-0.15, -0.1) is 0 Å². The van der Waals surface area contributed by atoms with Gasteiger partial charge in [0, 0.05) is 5.54 Å². The van der Waals surface area contributed by atoms with Crippen LogP contribution in [0.1, 0.15) is 34.6 Å². The molecule has 0 spiro atoms. The molecule has 0 saturated carbocycles. The largest absolute Gasteiger partial charge is 0.480 e. The van der Waals surface area contributed by atoms with Crippen LogP contribution in [0.15, 0.2) is 0 Å². The van der Waals surface area contributed by atoms with E-state index >= 15 is 0 Å². The maximum absolute atomic E-state index is 12.0. The van der Waals surface area contributed by atoms with Crippen molar-refractivity contribution in [1.82, 2.24) is 4.31 Å². The third-order valence-corrected chi connectivity index (χ3v) is 4.34. The first kappa shape index (κ1) is 15.4. The molecule has 5 nitrogen and oxygen atoms in total. The molecule has 0 aliphatic heterocycles. The summed E-state index contributed by atoms with van der Waals surface area (Å²) in [5.41, 5.74) is -0.716. The summed E-state index contributed by atoms with van der Waals surface area (Å²) in [7, 11) is -3.52. The van der Waals surface area contributed by atoms with Crippen LogP contribution < -0.4 is 0 Å². The van der Waals surface area contributed by atoms with E-state index in [0.29, 0.717) is 0 Å². The Bertz CT molecular complexity index is 340. The van der Waals surface area contributed by atoms with Gasteiger partial charge in [0.1, 0.15) is 6.54 Å². The minimum atomic E-state index is -3.52. The fraction of sp³-hybridized carbons (Fsp3) is 0.900. The van der Waals surface area contributed by atoms with Gasteiger partial charge in [-0.2, -0.15) is 4.31 Å². The summed E-state index contributed by atoms with van der Waals surface area (Å²) in [5, 5.41) is 8.74. The van der Waals surface area contributed by atoms with Crippen LogP contribution in [0.3, 0.4) is 0 Å². The smallest absolute Gasteiger partial charge is 0.318 e. The molecule has 0 aliphatic carbocycles. The Hall–Kier alpha value is -0.620. The highest BCUT2D eigenvalue weighted by Gasteiger charge is 2.34. The first-order valence-corrected chi connectivity index (χ1v) is 6.80. The summed E-state index contributed by atoms with van der Waals surface area (Å²) in [6, 6.07) is 0. The van der Waals surface area contributed by atoms with E-state index < -0.39 is 28.1 Å². The fourth-order valence-electron chi connectivity index (χ4n) is 1.39. The van der Waals surface area contributed by atoms with Crippen LogP contribution >= 0.6 is 0 Å². The summed E-state index contributed by atoms with van der Waals surface area (Å²) >= 11 is 0. The van der Waals surface area contributed by atoms with E-state index in [2.05, 4.69) is 0 Å². The lowest BCUT2D eigenvalue weighted by molar-refractivity contribution is -0.138. The van der Waals surface area contributed by atoms with Gasteiger partial charge in [0.15, 0.2) is 0 Å². The van der Waals surface area contributed by atoms with Crippen molar-refractivity contribution in [1.29, 1.82) is 0 Å². The van der Waals surface area contributed by atoms with E-state index in [4.69, 9.17) is 5.11 Å². The highest BCUT2D eigenvalue weighted by atomic mass is 32.2. The van der Waals surface area contributed by atoms with Crippen molar-refractivity contribution in [3.8, 4) is 0 Å². The van der Waals surface area contributed by atoms with Gasteiger partial charge >= 0.3 is 5.97 Å². The van der Waals surface area contributed by atoms with Gasteiger partial charge in [-0.1, -0.05) is 13.8 Å². The van der Waals surface area contributed by atoms with Crippen LogP contribution in [0.25, 0.3) is 0 Å². The minimum absolute atomic E-state index is 0.0244. The third-order valence-electron chi connectivity index (χ3n) is 1.91. The zero-order valence-electron chi connectivity index (χ0n) is 10.5. The first-order chi connectivity index (χ1) is 6.97. The molecule has 0 fully saturated rings. The molecule has 0 amide bonds. The summed E-state index contributed by atoms with van der Waals surface area (Å²) in [4.78, 5) is 10.7. The average molecular weight is 251 g/mol. The molecule has 0 bridgehead atoms. The lowest BCUT2D eigenvalue weighted by Gasteiger charge is -2.33. The highest BCUT2D eigenvalue weighted by molar-refractivity contribution is 7.89. The molecule has 0 aromatic rings. The number of nitrogens with zero attached hydrogens (tertiary/aromatic N) is 1. The van der Waals surface area contributed by atoms with E-state index in [1.54, 1.807) is 34.6 Å². The Balaban J connectivity index is 5.12. The van der Waals surface area contributed by atoms with Crippen molar-refractivity contribution in [3.63, 3.8) is 0 Å². The number of sulfonamides is 1. The maximum atomic E-state index is 12.0. The number of hydrogen-bond acceptors (Lipinski definition) is 3. The van der Waals surface area contributed by atoms with Gasteiger partial charge < -0.3 is 5.11 Å². The van der Waals surface area contributed by atoms with Crippen LogP contribution in [-0.2, 0) is 14.8 Å². The number of carboxylic acids is 1. The lowest BCUT2D eigenvalue weighted by Crippen LogP contribution is -2.49. The molecule has 0 radical (unpaired) electrons. The van der Waals surface area contributed by atoms with Crippen molar-refractivity contribution in [2.75, 3.05) is 12.3 Å². The minimum Gasteiger partial charge on any atom is -0.480 e. The van der Waals surface area contributed by atoms with E-state index in [1.165, 1.54) is 0 Å². The molecule has 16 heavy (non-hydrogen) atoms. The van der Waals surface area contributed by atoms with E-state index in [-0.39, 0.29) is 11.7 Å². The quantitative estimate of drug-likeness (QED) is 0.795. The van der Waals surface area contributed by atoms with Crippen molar-refractivity contribution in [2.24, 2.45) is 5.92 Å². The van der Waals surface area contributed by atoms with Crippen molar-refractivity contribution in [2.45, 2.75) is 40.2 Å². The normalized spacial score (nSPS) is 13.4. The molecule has 96 valence electrons. The second kappa shape index (κ2) is 5.14. The monoisotopic (exact) mass is 251 g/mol. The average Bonchev–Trinajstić information content (AvgIpc) is 1.94. The Morgan fingerprint density at radius 2 is 1.75 bits per heavy atom. The van der Waals surface area contributed by atoms with Crippen LogP contribution in [0, 0.1) is 5.92 Å². The predicted octanol–water partition coefficient (Wildman–Crippen LogP) is 1.16. The molecular formula is C10H21NO4S. The van der Waals surface area contributed by atoms with Crippen LogP contribution in [0.4, 0.5) is 0 Å². The topological polar surface area (TPSA) is 74.7 Å². The summed E-state index contributed by atoms with van der Waals surface area (Å²) in [5.74, 6) is -1.19. The second-order valence-corrected chi connectivity index (χ2v) is 7.18. The number of aliphatic carboxylic acids is 1. The van der Waals surface area contributed by atoms with Crippen molar-refractivity contribution in [3.05, 3.63) is 0 Å². The fourth-order valence-corrected chi connectivity index (χ4v) is 3.55. The number of carbonyl (C=O) groups is 1. The molecule has 0 aromatic heterocycles. The van der Waals surface area contributed by atoms with Crippen LogP contribution in [0.2, 0.25) is 0 Å². The number of hydrogen-bond donors (Lipinski definition) is 1. The molecule has 0 rings (SSSR count). The van der Waals surface area contributed by atoms with Gasteiger partial charge in [0.05, 0.1) is 5.75 Å². The van der Waals surface area contributed by atoms with Gasteiger partial charge in [-0.3, -0.25) is 4.79 Å². The Morgan fingerprint density at radius 1 is 1.31 bits per heavy atom. The molecule has 0 saturated heterocycles. The molecule has 1 N–H and O–H groups in total. The van der Waals surface area contributed by atoms with Crippen LogP contribution in [-0.4, -0.2) is 41.6 Å². The van der Waals surface area contributed by atoms with Crippen molar-refractivity contribution >= 4 is 16.0 Å². The SMILES string of the molecule is CC(C)CS(=O)(=O)N(CC(=O)O)C(C)(C)C. The number of rotatable bonds is 5. The number of carboxylic acid groups (broad SMARTS) is 1. The zero-order valence-corrected chi connectivity index (χ0v) is 11.3. The standard InChI is InChI=1S/C10H21NO4S/c1-8(2)7-16(14,15)11(6-9(12)13)10(3,4)5/h8H,6-7H2,1-5H3,(H,12,13). The van der Waals surface area contributed by atoms with E-state index in [1.807, 2.05) is 0 Å². The molecular weight excluding hydrogens is 230 g/mol. The summed E-state index contributed by atoms with van der Waals surface area (Å²) in [6.07, 6.45) is 0. The van der Waals surface area contributed by atoms with Gasteiger partial charge in [0.25, 0.3) is 0 Å². The predicted molar refractivity (Wildman–Crippen MR) is 62.7 cm³/mol. The van der Waals surface area contributed by atoms with Gasteiger partial charge in [-0.25, -0.2) is 8.42 Å². The Kier molecular flexibility index (Phi) is 4.94. The Labute approximate surface area is 97.5 Å². The molecule has 0 aliphatic rings. The van der Waals surface area contributed by atoms with Crippen molar-refractivity contribution < 1.29 is 18.3 Å². The third kappa shape index (κ3) is 4.94. The van der Waals surface area contributed by atoms with Gasteiger partial charge in [0.2, 0.25) is 10.0 Å². The first-order valence-electron chi connectivity index (χ1n) is 5.19. The molecule has 0 heterocycles. The molecule has 0 unspecified atom stereocenters. The zero-order chi connectivity index (χ0) is 13.1. The molecule has 0 atom stereocenters. The molecule has 0 aromatic carbocycles. The maximum Gasteiger partial charge on any atom is 0.318 e. The van der Waals surface area contributed by atoms with Crippen LogP contribution in [0.5, 0.6) is 0 Å². The summed E-state index contributed by atoms with van der Waals surface area (Å²) in [6.45, 7) is 8.16. The Morgan fingerprint density at radius 3 is 2.00 bits per heavy atom. The molecule has 6 heteroatoms. The highest BCUT2D eigenvalue weighted by Crippen LogP contribution is 2.19. The lowest BCUT2D eigenvalue weighted by atomic mass is 10.1.